The summed E-state index contributed by atoms with van der Waals surface area (Å²) >= 11 is 0. The van der Waals surface area contributed by atoms with Crippen molar-refractivity contribution in [3.63, 3.8) is 0 Å². The topological polar surface area (TPSA) is 98.3 Å². The Balaban J connectivity index is 2.05. The molecule has 3 N–H and O–H groups in total. The number of nitrogens with one attached hydrogen (secondary N) is 1. The molecule has 0 heterocycles. The van der Waals surface area contributed by atoms with Gasteiger partial charge in [-0.3, -0.25) is 14.9 Å². The number of amides is 1. The van der Waals surface area contributed by atoms with Crippen molar-refractivity contribution in [3.8, 4) is 0 Å². The summed E-state index contributed by atoms with van der Waals surface area (Å²) in [5.41, 5.74) is 6.03. The third kappa shape index (κ3) is 2.72. The molecule has 18 heavy (non-hydrogen) atoms. The van der Waals surface area contributed by atoms with E-state index in [0.717, 1.165) is 0 Å². The summed E-state index contributed by atoms with van der Waals surface area (Å²) in [7, 11) is 0. The number of anilines is 1. The largest absolute Gasteiger partial charge is 0.325 e. The highest BCUT2D eigenvalue weighted by atomic mass is 16.6. The molecule has 2 atom stereocenters. The smallest absolute Gasteiger partial charge is 0.271 e. The first-order chi connectivity index (χ1) is 8.56. The number of carbonyl (C=O) groups excluding carboxylic acids is 1. The molecule has 6 heteroatoms. The Morgan fingerprint density at radius 2 is 2.22 bits per heavy atom. The zero-order chi connectivity index (χ0) is 13.1. The maximum atomic E-state index is 11.9. The highest BCUT2D eigenvalue weighted by Crippen LogP contribution is 2.21. The summed E-state index contributed by atoms with van der Waals surface area (Å²) in [6.45, 7) is 0. The third-order valence-corrected chi connectivity index (χ3v) is 2.78. The van der Waals surface area contributed by atoms with Crippen molar-refractivity contribution in [3.05, 3.63) is 46.5 Å². The minimum atomic E-state index is -0.499. The van der Waals surface area contributed by atoms with Crippen molar-refractivity contribution in [2.24, 2.45) is 11.7 Å². The van der Waals surface area contributed by atoms with Gasteiger partial charge in [-0.1, -0.05) is 18.2 Å². The van der Waals surface area contributed by atoms with Gasteiger partial charge in [0, 0.05) is 23.9 Å². The highest BCUT2D eigenvalue weighted by molar-refractivity contribution is 5.94. The molecule has 0 fully saturated rings. The lowest BCUT2D eigenvalue weighted by molar-refractivity contribution is -0.384. The fourth-order valence-corrected chi connectivity index (χ4v) is 1.85. The van der Waals surface area contributed by atoms with Crippen molar-refractivity contribution >= 4 is 17.3 Å². The first kappa shape index (κ1) is 12.3. The minimum Gasteiger partial charge on any atom is -0.325 e. The average molecular weight is 247 g/mol. The molecule has 0 radical (unpaired) electrons. The molecular formula is C12H13N3O3. The number of nitrogens with zero attached hydrogens (tertiary/aromatic N) is 1. The molecule has 0 spiro atoms. The number of hydrogen-bond donors (Lipinski definition) is 2. The Bertz CT molecular complexity index is 513. The predicted octanol–water partition coefficient (Wildman–Crippen LogP) is 1.44. The van der Waals surface area contributed by atoms with E-state index in [9.17, 15) is 14.9 Å². The first-order valence-corrected chi connectivity index (χ1v) is 5.55. The van der Waals surface area contributed by atoms with Crippen LogP contribution >= 0.6 is 0 Å². The molecule has 1 aromatic rings. The van der Waals surface area contributed by atoms with E-state index in [4.69, 9.17) is 5.73 Å². The van der Waals surface area contributed by atoms with Gasteiger partial charge in [0.1, 0.15) is 0 Å². The zero-order valence-electron chi connectivity index (χ0n) is 9.58. The van der Waals surface area contributed by atoms with Gasteiger partial charge in [0.25, 0.3) is 5.69 Å². The van der Waals surface area contributed by atoms with Crippen LogP contribution in [0.5, 0.6) is 0 Å². The molecule has 1 aliphatic carbocycles. The van der Waals surface area contributed by atoms with Crippen molar-refractivity contribution in [1.29, 1.82) is 0 Å². The number of nitro benzene ring substituents is 1. The summed E-state index contributed by atoms with van der Waals surface area (Å²) in [4.78, 5) is 22.0. The van der Waals surface area contributed by atoms with Gasteiger partial charge in [-0.25, -0.2) is 0 Å². The average Bonchev–Trinajstić information content (AvgIpc) is 2.76. The van der Waals surface area contributed by atoms with Crippen molar-refractivity contribution in [2.45, 2.75) is 12.5 Å². The molecule has 1 aliphatic rings. The summed E-state index contributed by atoms with van der Waals surface area (Å²) in [6.07, 6.45) is 4.12. The standard InChI is InChI=1S/C12H13N3O3/c13-9-5-4-8(6-9)12(16)14-10-2-1-3-11(7-10)15(17)18/h1-5,7-9H,6,13H2,(H,14,16). The third-order valence-electron chi connectivity index (χ3n) is 2.78. The van der Waals surface area contributed by atoms with Crippen LogP contribution in [0.3, 0.4) is 0 Å². The van der Waals surface area contributed by atoms with Gasteiger partial charge < -0.3 is 11.1 Å². The monoisotopic (exact) mass is 247 g/mol. The molecule has 0 aromatic heterocycles. The second-order valence-corrected chi connectivity index (χ2v) is 4.19. The Hall–Kier alpha value is -2.21. The second kappa shape index (κ2) is 4.97. The normalized spacial score (nSPS) is 21.8. The van der Waals surface area contributed by atoms with Crippen LogP contribution < -0.4 is 11.1 Å². The fourth-order valence-electron chi connectivity index (χ4n) is 1.85. The number of benzene rings is 1. The Kier molecular flexibility index (Phi) is 3.38. The first-order valence-electron chi connectivity index (χ1n) is 5.55. The Morgan fingerprint density at radius 1 is 1.44 bits per heavy atom. The van der Waals surface area contributed by atoms with Crippen molar-refractivity contribution in [2.75, 3.05) is 5.32 Å². The number of nitro groups is 1. The highest BCUT2D eigenvalue weighted by Gasteiger charge is 2.22. The quantitative estimate of drug-likeness (QED) is 0.479. The Morgan fingerprint density at radius 3 is 2.83 bits per heavy atom. The van der Waals surface area contributed by atoms with E-state index in [2.05, 4.69) is 5.32 Å². The number of hydrogen-bond acceptors (Lipinski definition) is 4. The molecule has 0 bridgehead atoms. The molecule has 6 nitrogen and oxygen atoms in total. The molecule has 0 aliphatic heterocycles. The van der Waals surface area contributed by atoms with E-state index in [0.29, 0.717) is 12.1 Å². The van der Waals surface area contributed by atoms with E-state index in [1.807, 2.05) is 0 Å². The molecule has 1 amide bonds. The van der Waals surface area contributed by atoms with Crippen LogP contribution in [0.25, 0.3) is 0 Å². The van der Waals surface area contributed by atoms with Crippen molar-refractivity contribution in [1.82, 2.24) is 0 Å². The van der Waals surface area contributed by atoms with Gasteiger partial charge in [-0.05, 0) is 12.5 Å². The van der Waals surface area contributed by atoms with Crippen LogP contribution in [-0.4, -0.2) is 16.9 Å². The van der Waals surface area contributed by atoms with Gasteiger partial charge in [0.05, 0.1) is 10.8 Å². The summed E-state index contributed by atoms with van der Waals surface area (Å²) in [6, 6.07) is 5.76. The lowest BCUT2D eigenvalue weighted by Gasteiger charge is -2.10. The molecule has 2 rings (SSSR count). The maximum Gasteiger partial charge on any atom is 0.271 e. The summed E-state index contributed by atoms with van der Waals surface area (Å²) < 4.78 is 0. The number of rotatable bonds is 3. The molecule has 0 saturated heterocycles. The van der Waals surface area contributed by atoms with Crippen LogP contribution in [0.4, 0.5) is 11.4 Å². The van der Waals surface area contributed by atoms with Crippen molar-refractivity contribution < 1.29 is 9.72 Å². The SMILES string of the molecule is NC1C=CC(C(=O)Nc2cccc([N+](=O)[O-])c2)C1. The maximum absolute atomic E-state index is 11.9. The summed E-state index contributed by atoms with van der Waals surface area (Å²) in [5.74, 6) is -0.459. The molecular weight excluding hydrogens is 234 g/mol. The fraction of sp³-hybridized carbons (Fsp3) is 0.250. The van der Waals surface area contributed by atoms with E-state index >= 15 is 0 Å². The van der Waals surface area contributed by atoms with Crippen LogP contribution in [0.15, 0.2) is 36.4 Å². The van der Waals surface area contributed by atoms with Gasteiger partial charge in [-0.15, -0.1) is 0 Å². The predicted molar refractivity (Wildman–Crippen MR) is 66.9 cm³/mol. The number of nitrogens with two attached hydrogens (primary N) is 1. The second-order valence-electron chi connectivity index (χ2n) is 4.19. The number of carbonyl (C=O) groups is 1. The van der Waals surface area contributed by atoms with E-state index in [-0.39, 0.29) is 23.6 Å². The van der Waals surface area contributed by atoms with Gasteiger partial charge in [0.15, 0.2) is 0 Å². The lowest BCUT2D eigenvalue weighted by atomic mass is 10.1. The molecule has 1 aromatic carbocycles. The van der Waals surface area contributed by atoms with Gasteiger partial charge in [-0.2, -0.15) is 0 Å². The van der Waals surface area contributed by atoms with Gasteiger partial charge in [0.2, 0.25) is 5.91 Å². The zero-order valence-corrected chi connectivity index (χ0v) is 9.58. The molecule has 94 valence electrons. The van der Waals surface area contributed by atoms with Gasteiger partial charge >= 0.3 is 0 Å². The van der Waals surface area contributed by atoms with Crippen LogP contribution in [0.1, 0.15) is 6.42 Å². The van der Waals surface area contributed by atoms with E-state index in [1.54, 1.807) is 18.2 Å². The Labute approximate surface area is 104 Å². The number of non-ortho nitro benzene ring substituents is 1. The minimum absolute atomic E-state index is 0.0496. The van der Waals surface area contributed by atoms with E-state index in [1.165, 1.54) is 18.2 Å². The van der Waals surface area contributed by atoms with E-state index < -0.39 is 4.92 Å². The molecule has 2 unspecified atom stereocenters. The van der Waals surface area contributed by atoms with Crippen LogP contribution in [0.2, 0.25) is 0 Å². The summed E-state index contributed by atoms with van der Waals surface area (Å²) in [5, 5.41) is 13.3. The molecule has 0 saturated carbocycles. The van der Waals surface area contributed by atoms with Crippen LogP contribution in [-0.2, 0) is 4.79 Å². The lowest BCUT2D eigenvalue weighted by Crippen LogP contribution is -2.23. The van der Waals surface area contributed by atoms with Crippen LogP contribution in [0, 0.1) is 16.0 Å².